The Balaban J connectivity index is 3.64. The molecule has 0 aromatic heterocycles. The van der Waals surface area contributed by atoms with Crippen molar-refractivity contribution in [3.8, 4) is 0 Å². The van der Waals surface area contributed by atoms with Gasteiger partial charge in [-0.25, -0.2) is 0 Å². The van der Waals surface area contributed by atoms with Gasteiger partial charge in [0.25, 0.3) is 0 Å². The van der Waals surface area contributed by atoms with Gasteiger partial charge in [-0.3, -0.25) is 4.79 Å². The smallest absolute Gasteiger partial charge is 0.322 e. The number of rotatable bonds is 11. The van der Waals surface area contributed by atoms with E-state index in [-0.39, 0.29) is 12.0 Å². The van der Waals surface area contributed by atoms with Crippen molar-refractivity contribution in [3.05, 3.63) is 0 Å². The molecule has 0 rings (SSSR count). The van der Waals surface area contributed by atoms with Gasteiger partial charge in [-0.1, -0.05) is 26.7 Å². The molecule has 0 aliphatic heterocycles. The van der Waals surface area contributed by atoms with Crippen molar-refractivity contribution in [1.29, 1.82) is 0 Å². The lowest BCUT2D eigenvalue weighted by Gasteiger charge is -2.15. The third kappa shape index (κ3) is 9.12. The van der Waals surface area contributed by atoms with Crippen LogP contribution in [-0.4, -0.2) is 38.9 Å². The molecule has 0 radical (unpaired) electrons. The summed E-state index contributed by atoms with van der Waals surface area (Å²) in [6, 6.07) is -0.230. The van der Waals surface area contributed by atoms with E-state index >= 15 is 0 Å². The first-order chi connectivity index (χ1) is 8.26. The van der Waals surface area contributed by atoms with E-state index in [1.807, 2.05) is 0 Å². The molecule has 1 atom stereocenters. The van der Waals surface area contributed by atoms with E-state index in [0.717, 1.165) is 26.0 Å². The normalized spacial score (nSPS) is 12.4. The summed E-state index contributed by atoms with van der Waals surface area (Å²) in [4.78, 5) is 11.4. The van der Waals surface area contributed by atoms with Crippen LogP contribution in [0, 0.1) is 0 Å². The Hall–Kier alpha value is -0.610. The standard InChI is InChI=1S/C13H27NO3/c1-4-6-7-10-17-11-8-12(13(15)16-3)14-9-5-2/h12,14H,4-11H2,1-3H3. The molecule has 0 aromatic carbocycles. The molecule has 102 valence electrons. The van der Waals surface area contributed by atoms with E-state index in [4.69, 9.17) is 9.47 Å². The Kier molecular flexibility index (Phi) is 11.4. The molecule has 0 amide bonds. The maximum atomic E-state index is 11.4. The number of hydrogen-bond donors (Lipinski definition) is 1. The van der Waals surface area contributed by atoms with Crippen LogP contribution in [0.25, 0.3) is 0 Å². The fourth-order valence-electron chi connectivity index (χ4n) is 1.52. The van der Waals surface area contributed by atoms with Crippen molar-refractivity contribution < 1.29 is 14.3 Å². The Bertz CT molecular complexity index is 186. The first-order valence-electron chi connectivity index (χ1n) is 6.65. The molecular formula is C13H27NO3. The predicted molar refractivity (Wildman–Crippen MR) is 69.1 cm³/mol. The van der Waals surface area contributed by atoms with Gasteiger partial charge in [-0.2, -0.15) is 0 Å². The van der Waals surface area contributed by atoms with Crippen LogP contribution in [0.15, 0.2) is 0 Å². The molecule has 0 saturated heterocycles. The minimum atomic E-state index is -0.230. The molecule has 1 unspecified atom stereocenters. The summed E-state index contributed by atoms with van der Waals surface area (Å²) in [6.07, 6.45) is 5.19. The predicted octanol–water partition coefficient (Wildman–Crippen LogP) is 2.12. The summed E-state index contributed by atoms with van der Waals surface area (Å²) < 4.78 is 10.2. The molecule has 17 heavy (non-hydrogen) atoms. The number of nitrogens with one attached hydrogen (secondary N) is 1. The molecule has 0 bridgehead atoms. The van der Waals surface area contributed by atoms with Crippen molar-refractivity contribution in [3.63, 3.8) is 0 Å². The van der Waals surface area contributed by atoms with Crippen LogP contribution in [0.3, 0.4) is 0 Å². The van der Waals surface area contributed by atoms with E-state index < -0.39 is 0 Å². The van der Waals surface area contributed by atoms with Crippen LogP contribution in [-0.2, 0) is 14.3 Å². The third-order valence-electron chi connectivity index (χ3n) is 2.57. The van der Waals surface area contributed by atoms with Crippen LogP contribution in [0.2, 0.25) is 0 Å². The zero-order valence-electron chi connectivity index (χ0n) is 11.5. The lowest BCUT2D eigenvalue weighted by Crippen LogP contribution is -2.39. The van der Waals surface area contributed by atoms with Crippen LogP contribution < -0.4 is 5.32 Å². The highest BCUT2D eigenvalue weighted by Crippen LogP contribution is 1.99. The molecule has 4 nitrogen and oxygen atoms in total. The number of hydrogen-bond acceptors (Lipinski definition) is 4. The Labute approximate surface area is 105 Å². The fourth-order valence-corrected chi connectivity index (χ4v) is 1.52. The molecule has 0 fully saturated rings. The van der Waals surface area contributed by atoms with Gasteiger partial charge in [0.2, 0.25) is 0 Å². The van der Waals surface area contributed by atoms with E-state index in [1.54, 1.807) is 0 Å². The lowest BCUT2D eigenvalue weighted by molar-refractivity contribution is -0.143. The lowest BCUT2D eigenvalue weighted by atomic mass is 10.2. The summed E-state index contributed by atoms with van der Waals surface area (Å²) in [5.41, 5.74) is 0. The minimum absolute atomic E-state index is 0.199. The van der Waals surface area contributed by atoms with E-state index in [2.05, 4.69) is 19.2 Å². The van der Waals surface area contributed by atoms with Crippen molar-refractivity contribution in [1.82, 2.24) is 5.32 Å². The van der Waals surface area contributed by atoms with Crippen LogP contribution in [0.5, 0.6) is 0 Å². The molecule has 0 aliphatic rings. The van der Waals surface area contributed by atoms with Gasteiger partial charge < -0.3 is 14.8 Å². The zero-order valence-corrected chi connectivity index (χ0v) is 11.5. The first-order valence-corrected chi connectivity index (χ1v) is 6.65. The number of ether oxygens (including phenoxy) is 2. The van der Waals surface area contributed by atoms with Crippen LogP contribution >= 0.6 is 0 Å². The average Bonchev–Trinajstić information content (AvgIpc) is 2.36. The summed E-state index contributed by atoms with van der Waals surface area (Å²) >= 11 is 0. The van der Waals surface area contributed by atoms with Gasteiger partial charge >= 0.3 is 5.97 Å². The monoisotopic (exact) mass is 245 g/mol. The fraction of sp³-hybridized carbons (Fsp3) is 0.923. The SMILES string of the molecule is CCCCCOCCC(NCCC)C(=O)OC. The molecular weight excluding hydrogens is 218 g/mol. The number of carbonyl (C=O) groups is 1. The minimum Gasteiger partial charge on any atom is -0.468 e. The Morgan fingerprint density at radius 2 is 1.94 bits per heavy atom. The largest absolute Gasteiger partial charge is 0.468 e. The number of esters is 1. The van der Waals surface area contributed by atoms with Gasteiger partial charge in [0, 0.05) is 13.2 Å². The van der Waals surface area contributed by atoms with Gasteiger partial charge in [0.05, 0.1) is 7.11 Å². The van der Waals surface area contributed by atoms with E-state index in [1.165, 1.54) is 20.0 Å². The number of carbonyl (C=O) groups excluding carboxylic acids is 1. The Morgan fingerprint density at radius 1 is 1.18 bits per heavy atom. The second-order valence-corrected chi connectivity index (χ2v) is 4.14. The molecule has 0 aromatic rings. The van der Waals surface area contributed by atoms with Gasteiger partial charge in [-0.05, 0) is 25.8 Å². The molecule has 0 heterocycles. The van der Waals surface area contributed by atoms with Crippen molar-refractivity contribution in [2.24, 2.45) is 0 Å². The van der Waals surface area contributed by atoms with Crippen molar-refractivity contribution in [2.45, 2.75) is 52.0 Å². The molecule has 0 saturated carbocycles. The maximum Gasteiger partial charge on any atom is 0.322 e. The summed E-state index contributed by atoms with van der Waals surface area (Å²) in [7, 11) is 1.42. The highest BCUT2D eigenvalue weighted by molar-refractivity contribution is 5.75. The summed E-state index contributed by atoms with van der Waals surface area (Å²) in [5.74, 6) is -0.199. The quantitative estimate of drug-likeness (QED) is 0.447. The first kappa shape index (κ1) is 16.4. The maximum absolute atomic E-state index is 11.4. The Morgan fingerprint density at radius 3 is 2.53 bits per heavy atom. The molecule has 0 aliphatic carbocycles. The summed E-state index contributed by atoms with van der Waals surface area (Å²) in [5, 5.41) is 3.17. The van der Waals surface area contributed by atoms with Crippen molar-refractivity contribution >= 4 is 5.97 Å². The molecule has 4 heteroatoms. The zero-order chi connectivity index (χ0) is 12.9. The van der Waals surface area contributed by atoms with Gasteiger partial charge in [0.1, 0.15) is 6.04 Å². The topological polar surface area (TPSA) is 47.6 Å². The number of methoxy groups -OCH3 is 1. The van der Waals surface area contributed by atoms with E-state index in [0.29, 0.717) is 13.0 Å². The molecule has 0 spiro atoms. The van der Waals surface area contributed by atoms with Gasteiger partial charge in [-0.15, -0.1) is 0 Å². The van der Waals surface area contributed by atoms with Crippen molar-refractivity contribution in [2.75, 3.05) is 26.9 Å². The second-order valence-electron chi connectivity index (χ2n) is 4.14. The average molecular weight is 245 g/mol. The molecule has 1 N–H and O–H groups in total. The van der Waals surface area contributed by atoms with E-state index in [9.17, 15) is 4.79 Å². The highest BCUT2D eigenvalue weighted by Gasteiger charge is 2.17. The highest BCUT2D eigenvalue weighted by atomic mass is 16.5. The number of unbranched alkanes of at least 4 members (excludes halogenated alkanes) is 2. The van der Waals surface area contributed by atoms with Crippen LogP contribution in [0.4, 0.5) is 0 Å². The van der Waals surface area contributed by atoms with Gasteiger partial charge in [0.15, 0.2) is 0 Å². The van der Waals surface area contributed by atoms with Crippen LogP contribution in [0.1, 0.15) is 46.0 Å². The summed E-state index contributed by atoms with van der Waals surface area (Å²) in [6.45, 7) is 6.47. The second kappa shape index (κ2) is 11.9. The third-order valence-corrected chi connectivity index (χ3v) is 2.57.